The number of hydrogen-bond acceptors (Lipinski definition) is 3. The van der Waals surface area contributed by atoms with E-state index in [1.165, 1.54) is 0 Å². The summed E-state index contributed by atoms with van der Waals surface area (Å²) in [6, 6.07) is 0.120. The predicted molar refractivity (Wildman–Crippen MR) is 95.8 cm³/mol. The van der Waals surface area contributed by atoms with Crippen LogP contribution in [0.15, 0.2) is 12.7 Å². The molecule has 23 heavy (non-hydrogen) atoms. The number of likely N-dealkylation sites (tertiary alicyclic amines) is 1. The third-order valence-electron chi connectivity index (χ3n) is 4.40. The molecule has 6 heteroatoms. The molecular formula is C17H32N2O3S. The number of carboxylic acid groups (broad SMARTS) is 1. The summed E-state index contributed by atoms with van der Waals surface area (Å²) in [7, 11) is 0. The standard InChI is InChI=1S/C17H32N2O3S/c1-7-8-14(18-23(22)16(2,3)4)10-9-13-11-17(5,6)19(12-13)15(20)21/h7,13-14,18H,1,8-12H2,2-6H3,(H,20,21)/t13-,14?,23?/m0/s1. The highest BCUT2D eigenvalue weighted by molar-refractivity contribution is 7.90. The summed E-state index contributed by atoms with van der Waals surface area (Å²) in [5.41, 5.74) is -0.300. The van der Waals surface area contributed by atoms with Crippen LogP contribution in [0.4, 0.5) is 4.79 Å². The van der Waals surface area contributed by atoms with Crippen molar-refractivity contribution >= 4 is 17.5 Å². The van der Waals surface area contributed by atoms with Gasteiger partial charge in [0.25, 0.3) is 0 Å². The monoisotopic (exact) mass is 344 g/mol. The molecule has 1 rings (SSSR count). The third kappa shape index (κ3) is 6.01. The Morgan fingerprint density at radius 3 is 2.61 bits per heavy atom. The van der Waals surface area contributed by atoms with Crippen molar-refractivity contribution in [2.45, 2.75) is 76.6 Å². The summed E-state index contributed by atoms with van der Waals surface area (Å²) in [5.74, 6) is 0.360. The molecule has 0 aromatic carbocycles. The van der Waals surface area contributed by atoms with Gasteiger partial charge in [-0.1, -0.05) is 6.08 Å². The lowest BCUT2D eigenvalue weighted by atomic mass is 9.92. The van der Waals surface area contributed by atoms with Gasteiger partial charge in [0.2, 0.25) is 0 Å². The fraction of sp³-hybridized carbons (Fsp3) is 0.824. The predicted octanol–water partition coefficient (Wildman–Crippen LogP) is 3.54. The third-order valence-corrected chi connectivity index (χ3v) is 6.05. The lowest BCUT2D eigenvalue weighted by Gasteiger charge is -2.28. The smallest absolute Gasteiger partial charge is 0.407 e. The lowest BCUT2D eigenvalue weighted by Crippen LogP contribution is -2.44. The molecule has 1 aliphatic heterocycles. The number of rotatable bonds is 7. The molecule has 3 atom stereocenters. The summed E-state index contributed by atoms with van der Waals surface area (Å²) < 4.78 is 15.2. The minimum absolute atomic E-state index is 0.120. The van der Waals surface area contributed by atoms with Gasteiger partial charge >= 0.3 is 6.09 Å². The molecule has 0 bridgehead atoms. The highest BCUT2D eigenvalue weighted by Gasteiger charge is 2.41. The molecule has 1 fully saturated rings. The second kappa shape index (κ2) is 7.90. The van der Waals surface area contributed by atoms with Crippen LogP contribution >= 0.6 is 0 Å². The van der Waals surface area contributed by atoms with Crippen LogP contribution in [-0.2, 0) is 11.4 Å². The van der Waals surface area contributed by atoms with Crippen molar-refractivity contribution in [3.8, 4) is 0 Å². The zero-order chi connectivity index (χ0) is 17.8. The van der Waals surface area contributed by atoms with Crippen molar-refractivity contribution in [1.82, 2.24) is 9.62 Å². The van der Waals surface area contributed by atoms with Crippen LogP contribution < -0.4 is 4.72 Å². The van der Waals surface area contributed by atoms with Gasteiger partial charge in [0.05, 0.1) is 6.04 Å². The van der Waals surface area contributed by atoms with Crippen molar-refractivity contribution in [2.24, 2.45) is 5.92 Å². The first kappa shape index (κ1) is 20.3. The van der Waals surface area contributed by atoms with Gasteiger partial charge in [-0.2, -0.15) is 0 Å². The van der Waals surface area contributed by atoms with Gasteiger partial charge in [-0.05, 0) is 66.2 Å². The second-order valence-corrected chi connectivity index (χ2v) is 10.1. The van der Waals surface area contributed by atoms with Crippen LogP contribution in [-0.4, -0.2) is 43.5 Å². The van der Waals surface area contributed by atoms with E-state index >= 15 is 0 Å². The lowest BCUT2D eigenvalue weighted by molar-refractivity contribution is 0.117. The fourth-order valence-corrected chi connectivity index (χ4v) is 3.98. The first-order valence-corrected chi connectivity index (χ1v) is 9.42. The average Bonchev–Trinajstić information content (AvgIpc) is 2.70. The zero-order valence-electron chi connectivity index (χ0n) is 15.1. The van der Waals surface area contributed by atoms with E-state index in [1.54, 1.807) is 4.90 Å². The van der Waals surface area contributed by atoms with Crippen molar-refractivity contribution < 1.29 is 14.5 Å². The van der Waals surface area contributed by atoms with Gasteiger partial charge in [-0.15, -0.1) is 11.3 Å². The topological polar surface area (TPSA) is 75.6 Å². The first-order chi connectivity index (χ1) is 10.5. The quantitative estimate of drug-likeness (QED) is 0.547. The summed E-state index contributed by atoms with van der Waals surface area (Å²) in [6.45, 7) is 14.2. The summed E-state index contributed by atoms with van der Waals surface area (Å²) in [6.07, 6.45) is 4.46. The summed E-state index contributed by atoms with van der Waals surface area (Å²) >= 11 is -1.10. The molecule has 0 spiro atoms. The Hall–Kier alpha value is -0.720. The van der Waals surface area contributed by atoms with Crippen LogP contribution in [0, 0.1) is 5.92 Å². The normalized spacial score (nSPS) is 23.6. The van der Waals surface area contributed by atoms with Gasteiger partial charge in [-0.25, -0.2) is 4.79 Å². The summed E-state index contributed by atoms with van der Waals surface area (Å²) in [4.78, 5) is 12.9. The van der Waals surface area contributed by atoms with Crippen molar-refractivity contribution in [2.75, 3.05) is 6.54 Å². The van der Waals surface area contributed by atoms with Crippen molar-refractivity contribution in [3.05, 3.63) is 12.7 Å². The number of hydrogen-bond donors (Lipinski definition) is 2. The SMILES string of the molecule is C=CCC(CC[C@@H]1CN(C(=O)O)C(C)(C)C1)N[S+]([O-])C(C)(C)C. The first-order valence-electron chi connectivity index (χ1n) is 8.27. The van der Waals surface area contributed by atoms with E-state index < -0.39 is 17.5 Å². The van der Waals surface area contributed by atoms with Crippen LogP contribution in [0.3, 0.4) is 0 Å². The van der Waals surface area contributed by atoms with Gasteiger partial charge in [0, 0.05) is 23.4 Å². The zero-order valence-corrected chi connectivity index (χ0v) is 15.9. The molecule has 2 N–H and O–H groups in total. The van der Waals surface area contributed by atoms with E-state index in [-0.39, 0.29) is 16.3 Å². The molecule has 1 aliphatic rings. The molecule has 134 valence electrons. The Morgan fingerprint density at radius 2 is 2.17 bits per heavy atom. The van der Waals surface area contributed by atoms with Crippen LogP contribution in [0.25, 0.3) is 0 Å². The summed E-state index contributed by atoms with van der Waals surface area (Å²) in [5, 5.41) is 9.30. The average molecular weight is 345 g/mol. The number of nitrogens with one attached hydrogen (secondary N) is 1. The molecular weight excluding hydrogens is 312 g/mol. The molecule has 5 nitrogen and oxygen atoms in total. The van der Waals surface area contributed by atoms with Crippen LogP contribution in [0.5, 0.6) is 0 Å². The Labute approximate surface area is 143 Å². The van der Waals surface area contributed by atoms with Gasteiger partial charge in [-0.3, -0.25) is 0 Å². The Bertz CT molecular complexity index is 421. The number of nitrogens with zero attached hydrogens (tertiary/aromatic N) is 1. The Kier molecular flexibility index (Phi) is 6.98. The minimum Gasteiger partial charge on any atom is -0.598 e. The number of amides is 1. The molecule has 0 aliphatic carbocycles. The van der Waals surface area contributed by atoms with E-state index in [9.17, 15) is 14.5 Å². The molecule has 2 unspecified atom stereocenters. The highest BCUT2D eigenvalue weighted by Crippen LogP contribution is 2.35. The highest BCUT2D eigenvalue weighted by atomic mass is 32.2. The largest absolute Gasteiger partial charge is 0.598 e. The maximum atomic E-state index is 12.3. The van der Waals surface area contributed by atoms with Gasteiger partial charge < -0.3 is 14.6 Å². The maximum absolute atomic E-state index is 12.3. The van der Waals surface area contributed by atoms with E-state index in [1.807, 2.05) is 40.7 Å². The van der Waals surface area contributed by atoms with E-state index in [2.05, 4.69) is 11.3 Å². The molecule has 1 heterocycles. The minimum atomic E-state index is -1.10. The van der Waals surface area contributed by atoms with E-state index in [0.29, 0.717) is 12.5 Å². The number of carbonyl (C=O) groups is 1. The van der Waals surface area contributed by atoms with Crippen LogP contribution in [0.1, 0.15) is 60.3 Å². The second-order valence-electron chi connectivity index (χ2n) is 8.07. The van der Waals surface area contributed by atoms with Gasteiger partial charge in [0.1, 0.15) is 4.75 Å². The molecule has 0 saturated carbocycles. The molecule has 0 aromatic rings. The molecule has 1 saturated heterocycles. The molecule has 0 radical (unpaired) electrons. The molecule has 1 amide bonds. The fourth-order valence-electron chi connectivity index (χ4n) is 3.11. The van der Waals surface area contributed by atoms with Gasteiger partial charge in [0.15, 0.2) is 0 Å². The maximum Gasteiger partial charge on any atom is 0.407 e. The Balaban J connectivity index is 2.56. The van der Waals surface area contributed by atoms with Crippen molar-refractivity contribution in [3.63, 3.8) is 0 Å². The van der Waals surface area contributed by atoms with Crippen molar-refractivity contribution in [1.29, 1.82) is 0 Å². The van der Waals surface area contributed by atoms with Crippen LogP contribution in [0.2, 0.25) is 0 Å². The van der Waals surface area contributed by atoms with E-state index in [0.717, 1.165) is 25.7 Å². The van der Waals surface area contributed by atoms with E-state index in [4.69, 9.17) is 0 Å². The molecule has 0 aromatic heterocycles. The Morgan fingerprint density at radius 1 is 1.57 bits per heavy atom.